The Morgan fingerprint density at radius 2 is 2.00 bits per heavy atom. The van der Waals surface area contributed by atoms with Gasteiger partial charge in [0.25, 0.3) is 0 Å². The van der Waals surface area contributed by atoms with Crippen LogP contribution in [0.5, 0.6) is 0 Å². The first-order chi connectivity index (χ1) is 10.9. The van der Waals surface area contributed by atoms with Crippen molar-refractivity contribution in [2.45, 2.75) is 59.1 Å². The van der Waals surface area contributed by atoms with Crippen LogP contribution in [0.2, 0.25) is 0 Å². The number of carboxylic acids is 1. The normalized spacial score (nSPS) is 20.8. The minimum atomic E-state index is -1.04. The number of hydrogen-bond donors (Lipinski definition) is 1. The van der Waals surface area contributed by atoms with Crippen molar-refractivity contribution < 1.29 is 19.4 Å². The monoisotopic (exact) mass is 337 g/mol. The molecule has 2 heterocycles. The minimum Gasteiger partial charge on any atom is -0.478 e. The highest BCUT2D eigenvalue weighted by molar-refractivity contribution is 5.89. The van der Waals surface area contributed by atoms with E-state index in [9.17, 15) is 14.7 Å². The number of aromatic nitrogens is 2. The molecule has 0 saturated carbocycles. The number of aromatic carboxylic acids is 1. The second-order valence-corrected chi connectivity index (χ2v) is 8.20. The number of carboxylic acid groups (broad SMARTS) is 1. The molecular weight excluding hydrogens is 310 g/mol. The molecule has 7 nitrogen and oxygen atoms in total. The van der Waals surface area contributed by atoms with E-state index in [2.05, 4.69) is 18.9 Å². The number of nitrogens with zero attached hydrogens (tertiary/aromatic N) is 3. The summed E-state index contributed by atoms with van der Waals surface area (Å²) in [6.07, 6.45) is 2.48. The van der Waals surface area contributed by atoms with Crippen molar-refractivity contribution in [3.63, 3.8) is 0 Å². The van der Waals surface area contributed by atoms with E-state index in [1.165, 1.54) is 6.20 Å². The number of amides is 1. The van der Waals surface area contributed by atoms with Crippen LogP contribution in [-0.2, 0) is 11.8 Å². The van der Waals surface area contributed by atoms with Crippen molar-refractivity contribution >= 4 is 12.1 Å². The van der Waals surface area contributed by atoms with Crippen LogP contribution in [0, 0.1) is 5.41 Å². The molecule has 0 aromatic carbocycles. The zero-order valence-corrected chi connectivity index (χ0v) is 15.3. The predicted octanol–water partition coefficient (Wildman–Crippen LogP) is 3.22. The molecule has 1 aromatic rings. The second kappa shape index (κ2) is 6.11. The van der Waals surface area contributed by atoms with E-state index in [1.807, 2.05) is 20.8 Å². The van der Waals surface area contributed by atoms with Gasteiger partial charge in [-0.25, -0.2) is 9.59 Å². The van der Waals surface area contributed by atoms with Gasteiger partial charge < -0.3 is 9.84 Å². The van der Waals surface area contributed by atoms with Crippen molar-refractivity contribution in [3.8, 4) is 0 Å². The van der Waals surface area contributed by atoms with Gasteiger partial charge in [0.1, 0.15) is 11.2 Å². The van der Waals surface area contributed by atoms with Crippen LogP contribution >= 0.6 is 0 Å². The molecule has 1 N–H and O–H groups in total. The summed E-state index contributed by atoms with van der Waals surface area (Å²) in [5, 5.41) is 13.5. The lowest BCUT2D eigenvalue weighted by Crippen LogP contribution is -2.48. The SMILES string of the molecule is Cn1ncc(C(=O)O)c1C1CCC(C)(C)CN1C(=O)OC(C)(C)C. The number of ether oxygens (including phenoxy) is 1. The van der Waals surface area contributed by atoms with Gasteiger partial charge in [-0.2, -0.15) is 5.10 Å². The summed E-state index contributed by atoms with van der Waals surface area (Å²) in [6.45, 7) is 10.2. The largest absolute Gasteiger partial charge is 0.478 e. The summed E-state index contributed by atoms with van der Waals surface area (Å²) in [5.41, 5.74) is 0.0281. The number of carbonyl (C=O) groups excluding carboxylic acids is 1. The smallest absolute Gasteiger partial charge is 0.410 e. The summed E-state index contributed by atoms with van der Waals surface area (Å²) in [6, 6.07) is -0.355. The highest BCUT2D eigenvalue weighted by Gasteiger charge is 2.41. The molecule has 134 valence electrons. The van der Waals surface area contributed by atoms with E-state index in [1.54, 1.807) is 16.6 Å². The molecule has 1 aliphatic rings. The van der Waals surface area contributed by atoms with Gasteiger partial charge in [-0.3, -0.25) is 9.58 Å². The van der Waals surface area contributed by atoms with Gasteiger partial charge in [0.05, 0.1) is 17.9 Å². The van der Waals surface area contributed by atoms with Gasteiger partial charge in [0.2, 0.25) is 0 Å². The molecule has 0 bridgehead atoms. The van der Waals surface area contributed by atoms with E-state index >= 15 is 0 Å². The first kappa shape index (κ1) is 18.3. The highest BCUT2D eigenvalue weighted by atomic mass is 16.6. The molecule has 2 rings (SSSR count). The Morgan fingerprint density at radius 3 is 2.54 bits per heavy atom. The maximum Gasteiger partial charge on any atom is 0.410 e. The van der Waals surface area contributed by atoms with E-state index in [-0.39, 0.29) is 17.0 Å². The zero-order valence-electron chi connectivity index (χ0n) is 15.3. The van der Waals surface area contributed by atoms with Crippen molar-refractivity contribution in [1.82, 2.24) is 14.7 Å². The third-order valence-electron chi connectivity index (χ3n) is 4.23. The third-order valence-corrected chi connectivity index (χ3v) is 4.23. The van der Waals surface area contributed by atoms with Gasteiger partial charge in [-0.05, 0) is 39.0 Å². The van der Waals surface area contributed by atoms with Crippen LogP contribution in [0.3, 0.4) is 0 Å². The van der Waals surface area contributed by atoms with Crippen LogP contribution in [0.15, 0.2) is 6.20 Å². The number of aryl methyl sites for hydroxylation is 1. The van der Waals surface area contributed by atoms with Crippen LogP contribution in [0.1, 0.15) is 69.6 Å². The molecule has 1 atom stereocenters. The maximum absolute atomic E-state index is 12.7. The Labute approximate surface area is 142 Å². The lowest BCUT2D eigenvalue weighted by atomic mass is 9.80. The van der Waals surface area contributed by atoms with E-state index in [4.69, 9.17) is 4.74 Å². The molecule has 0 spiro atoms. The Hall–Kier alpha value is -2.05. The Kier molecular flexibility index (Phi) is 4.65. The van der Waals surface area contributed by atoms with Gasteiger partial charge in [-0.1, -0.05) is 13.8 Å². The topological polar surface area (TPSA) is 84.7 Å². The first-order valence-electron chi connectivity index (χ1n) is 8.16. The van der Waals surface area contributed by atoms with Gasteiger partial charge in [-0.15, -0.1) is 0 Å². The second-order valence-electron chi connectivity index (χ2n) is 8.20. The molecule has 1 aliphatic heterocycles. The molecule has 0 aliphatic carbocycles. The molecule has 1 aromatic heterocycles. The molecule has 1 amide bonds. The van der Waals surface area contributed by atoms with E-state index < -0.39 is 17.7 Å². The molecule has 1 fully saturated rings. The molecule has 0 radical (unpaired) electrons. The van der Waals surface area contributed by atoms with Gasteiger partial charge in [0.15, 0.2) is 0 Å². The van der Waals surface area contributed by atoms with Crippen molar-refractivity contribution in [3.05, 3.63) is 17.5 Å². The fourth-order valence-corrected chi connectivity index (χ4v) is 3.14. The zero-order chi connectivity index (χ0) is 18.3. The number of carbonyl (C=O) groups is 2. The molecule has 1 unspecified atom stereocenters. The van der Waals surface area contributed by atoms with Gasteiger partial charge in [0, 0.05) is 13.6 Å². The summed E-state index contributed by atoms with van der Waals surface area (Å²) in [4.78, 5) is 25.9. The fraction of sp³-hybridized carbons (Fsp3) is 0.706. The van der Waals surface area contributed by atoms with Crippen LogP contribution < -0.4 is 0 Å². The van der Waals surface area contributed by atoms with Crippen LogP contribution in [0.4, 0.5) is 4.79 Å². The third kappa shape index (κ3) is 3.88. The Morgan fingerprint density at radius 1 is 1.38 bits per heavy atom. The maximum atomic E-state index is 12.7. The number of likely N-dealkylation sites (tertiary alicyclic amines) is 1. The number of hydrogen-bond acceptors (Lipinski definition) is 4. The number of rotatable bonds is 2. The van der Waals surface area contributed by atoms with Crippen molar-refractivity contribution in [1.29, 1.82) is 0 Å². The molecule has 1 saturated heterocycles. The van der Waals surface area contributed by atoms with Crippen molar-refractivity contribution in [2.75, 3.05) is 6.54 Å². The van der Waals surface area contributed by atoms with Gasteiger partial charge >= 0.3 is 12.1 Å². The van der Waals surface area contributed by atoms with Crippen LogP contribution in [0.25, 0.3) is 0 Å². The Bertz CT molecular complexity index is 643. The average Bonchev–Trinajstić information content (AvgIpc) is 2.78. The van der Waals surface area contributed by atoms with Crippen molar-refractivity contribution in [2.24, 2.45) is 12.5 Å². The molecular formula is C17H27N3O4. The first-order valence-corrected chi connectivity index (χ1v) is 8.16. The van der Waals surface area contributed by atoms with E-state index in [0.717, 1.165) is 6.42 Å². The van der Waals surface area contributed by atoms with E-state index in [0.29, 0.717) is 18.7 Å². The lowest BCUT2D eigenvalue weighted by molar-refractivity contribution is -0.00944. The Balaban J connectivity index is 2.41. The summed E-state index contributed by atoms with van der Waals surface area (Å²) in [7, 11) is 1.70. The predicted molar refractivity (Wildman–Crippen MR) is 88.9 cm³/mol. The quantitative estimate of drug-likeness (QED) is 0.895. The summed E-state index contributed by atoms with van der Waals surface area (Å²) in [5.74, 6) is -1.04. The van der Waals surface area contributed by atoms with Crippen LogP contribution in [-0.4, -0.2) is 44.0 Å². The molecule has 24 heavy (non-hydrogen) atoms. The standard InChI is InChI=1S/C17H27N3O4/c1-16(2,3)24-15(23)20-10-17(4,5)8-7-12(20)13-11(14(21)22)9-18-19(13)6/h9,12H,7-8,10H2,1-6H3,(H,21,22). The number of piperidine rings is 1. The highest BCUT2D eigenvalue weighted by Crippen LogP contribution is 2.40. The molecule has 7 heteroatoms. The average molecular weight is 337 g/mol. The lowest BCUT2D eigenvalue weighted by Gasteiger charge is -2.44. The summed E-state index contributed by atoms with van der Waals surface area (Å²) >= 11 is 0. The summed E-state index contributed by atoms with van der Waals surface area (Å²) < 4.78 is 7.09. The minimum absolute atomic E-state index is 0.0462. The fourth-order valence-electron chi connectivity index (χ4n) is 3.14.